The average molecular weight is 462 g/mol. The molecule has 3 rings (SSSR count). The van der Waals surface area contributed by atoms with E-state index in [9.17, 15) is 14.7 Å². The molecule has 0 bridgehead atoms. The first-order valence-corrected chi connectivity index (χ1v) is 10.8. The van der Waals surface area contributed by atoms with E-state index in [1.54, 1.807) is 42.5 Å². The molecule has 3 aromatic rings. The number of ether oxygens (including phenoxy) is 2. The van der Waals surface area contributed by atoms with Gasteiger partial charge in [-0.15, -0.1) is 0 Å². The van der Waals surface area contributed by atoms with Crippen molar-refractivity contribution < 1.29 is 24.2 Å². The third kappa shape index (κ3) is 6.35. The van der Waals surface area contributed by atoms with Crippen LogP contribution in [0.1, 0.15) is 34.0 Å². The second-order valence-corrected chi connectivity index (χ2v) is 7.44. The van der Waals surface area contributed by atoms with E-state index in [0.717, 1.165) is 11.1 Å². The summed E-state index contributed by atoms with van der Waals surface area (Å²) in [6.45, 7) is 5.93. The number of anilines is 1. The molecule has 0 fully saturated rings. The Labute approximate surface area is 198 Å². The van der Waals surface area contributed by atoms with Crippen LogP contribution in [0.15, 0.2) is 65.8 Å². The molecule has 0 spiro atoms. The molecule has 0 aliphatic carbocycles. The van der Waals surface area contributed by atoms with E-state index in [0.29, 0.717) is 29.4 Å². The van der Waals surface area contributed by atoms with Gasteiger partial charge in [0.15, 0.2) is 18.1 Å². The molecule has 0 heterocycles. The SMILES string of the molecule is CCOc1cc(C=NNC(=O)c2ccccc2NC(=O)COc2cccc(C)c2C)ccc1O. The van der Waals surface area contributed by atoms with Crippen LogP contribution < -0.4 is 20.2 Å². The Bertz CT molecular complexity index is 1210. The van der Waals surface area contributed by atoms with Crippen LogP contribution in [0.4, 0.5) is 5.69 Å². The number of carbonyl (C=O) groups excluding carboxylic acids is 2. The predicted octanol–water partition coefficient (Wildman–Crippen LogP) is 4.19. The molecule has 0 unspecified atom stereocenters. The zero-order valence-electron chi connectivity index (χ0n) is 19.3. The lowest BCUT2D eigenvalue weighted by atomic mass is 10.1. The maximum atomic E-state index is 12.7. The predicted molar refractivity (Wildman–Crippen MR) is 131 cm³/mol. The summed E-state index contributed by atoms with van der Waals surface area (Å²) in [5.74, 6) is 0.101. The Morgan fingerprint density at radius 1 is 1.00 bits per heavy atom. The number of benzene rings is 3. The number of phenolic OH excluding ortho intramolecular Hbond substituents is 1. The number of amides is 2. The molecule has 0 aliphatic rings. The molecule has 3 N–H and O–H groups in total. The molecular formula is C26H27N3O5. The zero-order chi connectivity index (χ0) is 24.5. The van der Waals surface area contributed by atoms with Gasteiger partial charge in [-0.3, -0.25) is 9.59 Å². The summed E-state index contributed by atoms with van der Waals surface area (Å²) in [5, 5.41) is 16.5. The Morgan fingerprint density at radius 2 is 1.79 bits per heavy atom. The van der Waals surface area contributed by atoms with E-state index in [1.165, 1.54) is 12.3 Å². The number of para-hydroxylation sites is 1. The standard InChI is InChI=1S/C26H27N3O5/c1-4-33-24-14-19(12-13-22(24)30)15-27-29-26(32)20-9-5-6-10-21(20)28-25(31)16-34-23-11-7-8-17(2)18(23)3/h5-15,30H,4,16H2,1-3H3,(H,28,31)(H,29,32). The number of aromatic hydroxyl groups is 1. The molecule has 0 saturated heterocycles. The van der Waals surface area contributed by atoms with E-state index >= 15 is 0 Å². The van der Waals surface area contributed by atoms with Crippen molar-refractivity contribution in [2.75, 3.05) is 18.5 Å². The number of phenols is 1. The van der Waals surface area contributed by atoms with Crippen molar-refractivity contribution in [3.63, 3.8) is 0 Å². The Hall–Kier alpha value is -4.33. The first-order valence-electron chi connectivity index (χ1n) is 10.8. The highest BCUT2D eigenvalue weighted by Crippen LogP contribution is 2.26. The van der Waals surface area contributed by atoms with Gasteiger partial charge in [-0.25, -0.2) is 5.43 Å². The lowest BCUT2D eigenvalue weighted by Crippen LogP contribution is -2.24. The van der Waals surface area contributed by atoms with Crippen LogP contribution in [0.5, 0.6) is 17.2 Å². The van der Waals surface area contributed by atoms with Crippen molar-refractivity contribution >= 4 is 23.7 Å². The van der Waals surface area contributed by atoms with Gasteiger partial charge in [0.2, 0.25) is 0 Å². The van der Waals surface area contributed by atoms with Gasteiger partial charge < -0.3 is 19.9 Å². The normalized spacial score (nSPS) is 10.7. The number of hydrogen-bond acceptors (Lipinski definition) is 6. The Kier molecular flexibility index (Phi) is 8.23. The van der Waals surface area contributed by atoms with E-state index < -0.39 is 11.8 Å². The highest BCUT2D eigenvalue weighted by molar-refractivity contribution is 6.04. The number of nitrogens with one attached hydrogen (secondary N) is 2. The Balaban J connectivity index is 1.62. The molecule has 0 saturated carbocycles. The van der Waals surface area contributed by atoms with Crippen LogP contribution in [-0.2, 0) is 4.79 Å². The van der Waals surface area contributed by atoms with Crippen LogP contribution in [0.3, 0.4) is 0 Å². The summed E-state index contributed by atoms with van der Waals surface area (Å²) in [5.41, 5.74) is 5.70. The lowest BCUT2D eigenvalue weighted by Gasteiger charge is -2.12. The molecule has 0 radical (unpaired) electrons. The highest BCUT2D eigenvalue weighted by atomic mass is 16.5. The number of carbonyl (C=O) groups is 2. The monoisotopic (exact) mass is 461 g/mol. The first-order chi connectivity index (χ1) is 16.4. The zero-order valence-corrected chi connectivity index (χ0v) is 19.3. The van der Waals surface area contributed by atoms with E-state index in [2.05, 4.69) is 15.8 Å². The molecule has 0 aromatic heterocycles. The van der Waals surface area contributed by atoms with Gasteiger partial charge >= 0.3 is 0 Å². The maximum Gasteiger partial charge on any atom is 0.273 e. The van der Waals surface area contributed by atoms with E-state index in [-0.39, 0.29) is 17.9 Å². The summed E-state index contributed by atoms with van der Waals surface area (Å²) in [6, 6.07) is 17.0. The third-order valence-corrected chi connectivity index (χ3v) is 5.02. The van der Waals surface area contributed by atoms with Crippen molar-refractivity contribution in [3.05, 3.63) is 82.9 Å². The summed E-state index contributed by atoms with van der Waals surface area (Å²) >= 11 is 0. The van der Waals surface area contributed by atoms with Crippen molar-refractivity contribution in [2.45, 2.75) is 20.8 Å². The quantitative estimate of drug-likeness (QED) is 0.327. The molecule has 8 heteroatoms. The van der Waals surface area contributed by atoms with E-state index in [4.69, 9.17) is 9.47 Å². The molecule has 0 atom stereocenters. The van der Waals surface area contributed by atoms with Gasteiger partial charge in [0.05, 0.1) is 24.1 Å². The molecule has 176 valence electrons. The van der Waals surface area contributed by atoms with Crippen molar-refractivity contribution in [1.82, 2.24) is 5.43 Å². The molecule has 3 aromatic carbocycles. The number of aryl methyl sites for hydroxylation is 1. The van der Waals surface area contributed by atoms with E-state index in [1.807, 2.05) is 32.9 Å². The summed E-state index contributed by atoms with van der Waals surface area (Å²) in [4.78, 5) is 25.1. The summed E-state index contributed by atoms with van der Waals surface area (Å²) in [6.07, 6.45) is 1.43. The van der Waals surface area contributed by atoms with Crippen LogP contribution in [0.2, 0.25) is 0 Å². The first kappa shape index (κ1) is 24.3. The smallest absolute Gasteiger partial charge is 0.273 e. The lowest BCUT2D eigenvalue weighted by molar-refractivity contribution is -0.118. The van der Waals surface area contributed by atoms with Gasteiger partial charge in [0.25, 0.3) is 11.8 Å². The van der Waals surface area contributed by atoms with Crippen molar-refractivity contribution in [2.24, 2.45) is 5.10 Å². The van der Waals surface area contributed by atoms with Crippen molar-refractivity contribution in [1.29, 1.82) is 0 Å². The number of hydrogen-bond donors (Lipinski definition) is 3. The number of nitrogens with zero attached hydrogens (tertiary/aromatic N) is 1. The minimum Gasteiger partial charge on any atom is -0.504 e. The number of hydrazone groups is 1. The second kappa shape index (κ2) is 11.5. The molecular weight excluding hydrogens is 434 g/mol. The Morgan fingerprint density at radius 3 is 2.59 bits per heavy atom. The highest BCUT2D eigenvalue weighted by Gasteiger charge is 2.13. The topological polar surface area (TPSA) is 109 Å². The second-order valence-electron chi connectivity index (χ2n) is 7.44. The van der Waals surface area contributed by atoms with Gasteiger partial charge in [0.1, 0.15) is 5.75 Å². The minimum atomic E-state index is -0.494. The fraction of sp³-hybridized carbons (Fsp3) is 0.192. The molecule has 8 nitrogen and oxygen atoms in total. The van der Waals surface area contributed by atoms with Gasteiger partial charge in [-0.1, -0.05) is 24.3 Å². The van der Waals surface area contributed by atoms with Gasteiger partial charge in [0, 0.05) is 0 Å². The average Bonchev–Trinajstić information content (AvgIpc) is 2.82. The maximum absolute atomic E-state index is 12.7. The molecule has 34 heavy (non-hydrogen) atoms. The van der Waals surface area contributed by atoms with Crippen LogP contribution >= 0.6 is 0 Å². The minimum absolute atomic E-state index is 0.0224. The summed E-state index contributed by atoms with van der Waals surface area (Å²) in [7, 11) is 0. The van der Waals surface area contributed by atoms with Crippen LogP contribution in [-0.4, -0.2) is 36.3 Å². The van der Waals surface area contributed by atoms with Crippen LogP contribution in [0.25, 0.3) is 0 Å². The number of rotatable bonds is 9. The summed E-state index contributed by atoms with van der Waals surface area (Å²) < 4.78 is 11.0. The van der Waals surface area contributed by atoms with Crippen LogP contribution in [0, 0.1) is 13.8 Å². The van der Waals surface area contributed by atoms with Gasteiger partial charge in [-0.2, -0.15) is 5.10 Å². The molecule has 2 amide bonds. The fourth-order valence-corrected chi connectivity index (χ4v) is 3.11. The third-order valence-electron chi connectivity index (χ3n) is 5.02. The van der Waals surface area contributed by atoms with Crippen molar-refractivity contribution in [3.8, 4) is 17.2 Å². The largest absolute Gasteiger partial charge is 0.504 e. The molecule has 0 aliphatic heterocycles. The fourth-order valence-electron chi connectivity index (χ4n) is 3.11. The van der Waals surface area contributed by atoms with Gasteiger partial charge in [-0.05, 0) is 73.9 Å².